The zero-order chi connectivity index (χ0) is 37.3. The van der Waals surface area contributed by atoms with Crippen LogP contribution in [-0.4, -0.2) is 68.1 Å². The van der Waals surface area contributed by atoms with Crippen molar-refractivity contribution in [1.82, 2.24) is 19.6 Å². The number of aryl methyl sites for hydroxylation is 1. The van der Waals surface area contributed by atoms with Gasteiger partial charge in [-0.1, -0.05) is 81.3 Å². The maximum absolute atomic E-state index is 14.7. The number of hydrogen-bond donors (Lipinski definition) is 2. The summed E-state index contributed by atoms with van der Waals surface area (Å²) in [7, 11) is 0. The summed E-state index contributed by atoms with van der Waals surface area (Å²) in [5, 5.41) is 18.2. The molecule has 5 aromatic rings. The molecule has 0 saturated carbocycles. The highest BCUT2D eigenvalue weighted by Gasteiger charge is 2.32. The first-order chi connectivity index (χ1) is 25.8. The molecule has 0 aliphatic carbocycles. The molecule has 0 saturated heterocycles. The largest absolute Gasteiger partial charge is 0.457 e. The summed E-state index contributed by atoms with van der Waals surface area (Å²) < 4.78 is 7.67. The molecule has 0 radical (unpaired) electrons. The molecule has 2 N–H and O–H groups in total. The second-order valence-corrected chi connectivity index (χ2v) is 13.4. The molecule has 0 fully saturated rings. The number of unbranched alkanes of at least 4 members (excludes halogenated alkanes) is 2. The van der Waals surface area contributed by atoms with Crippen molar-refractivity contribution >= 4 is 23.4 Å². The van der Waals surface area contributed by atoms with Gasteiger partial charge in [0.2, 0.25) is 0 Å². The van der Waals surface area contributed by atoms with Gasteiger partial charge in [-0.05, 0) is 85.8 Å². The third kappa shape index (κ3) is 8.50. The number of carbonyl (C=O) groups is 3. The van der Waals surface area contributed by atoms with E-state index in [2.05, 4.69) is 19.2 Å². The molecule has 274 valence electrons. The Morgan fingerprint density at radius 1 is 0.849 bits per heavy atom. The number of hydrogen-bond acceptors (Lipinski definition) is 6. The van der Waals surface area contributed by atoms with Crippen molar-refractivity contribution in [2.45, 2.75) is 65.5 Å². The lowest BCUT2D eigenvalue weighted by Crippen LogP contribution is -2.46. The summed E-state index contributed by atoms with van der Waals surface area (Å²) in [6.45, 7) is 7.46. The highest BCUT2D eigenvalue weighted by molar-refractivity contribution is 6.07. The molecular weight excluding hydrogens is 667 g/mol. The minimum atomic E-state index is -0.452. The van der Waals surface area contributed by atoms with Crippen LogP contribution < -0.4 is 10.1 Å². The SMILES string of the molecule is CCCCN(CCCC)C(=O)c1cc(C)n(-c2ccc(NC(=O)c3ccccc3Oc3ccccc3)cc2C(=O)N2Cc3ccccc3C[C@H]2CO)n1. The molecule has 0 spiro atoms. The van der Waals surface area contributed by atoms with Gasteiger partial charge in [0.05, 0.1) is 29.5 Å². The van der Waals surface area contributed by atoms with Crippen LogP contribution in [0.15, 0.2) is 103 Å². The van der Waals surface area contributed by atoms with E-state index in [1.165, 1.54) is 0 Å². The summed E-state index contributed by atoms with van der Waals surface area (Å²) in [6, 6.07) is 30.5. The third-order valence-electron chi connectivity index (χ3n) is 9.60. The molecule has 53 heavy (non-hydrogen) atoms. The second kappa shape index (κ2) is 17.2. The van der Waals surface area contributed by atoms with Gasteiger partial charge in [0.25, 0.3) is 17.7 Å². The summed E-state index contributed by atoms with van der Waals surface area (Å²) >= 11 is 0. The van der Waals surface area contributed by atoms with Crippen LogP contribution in [0.1, 0.15) is 87.6 Å². The van der Waals surface area contributed by atoms with Gasteiger partial charge < -0.3 is 25.0 Å². The van der Waals surface area contributed by atoms with Crippen LogP contribution in [0.3, 0.4) is 0 Å². The molecule has 1 aliphatic rings. The number of rotatable bonds is 14. The number of aromatic nitrogens is 2. The van der Waals surface area contributed by atoms with E-state index in [1.54, 1.807) is 58.1 Å². The average molecular weight is 714 g/mol. The van der Waals surface area contributed by atoms with Crippen molar-refractivity contribution in [3.63, 3.8) is 0 Å². The molecule has 0 bridgehead atoms. The number of aliphatic hydroxyl groups is 1. The average Bonchev–Trinajstić information content (AvgIpc) is 3.58. The van der Waals surface area contributed by atoms with Crippen molar-refractivity contribution in [1.29, 1.82) is 0 Å². The lowest BCUT2D eigenvalue weighted by atomic mass is 9.93. The molecule has 0 unspecified atom stereocenters. The van der Waals surface area contributed by atoms with Crippen molar-refractivity contribution < 1.29 is 24.2 Å². The van der Waals surface area contributed by atoms with Gasteiger partial charge in [0.1, 0.15) is 11.5 Å². The number of anilines is 1. The van der Waals surface area contributed by atoms with E-state index in [-0.39, 0.29) is 24.0 Å². The first-order valence-electron chi connectivity index (χ1n) is 18.4. The van der Waals surface area contributed by atoms with E-state index in [0.717, 1.165) is 36.8 Å². The quantitative estimate of drug-likeness (QED) is 0.121. The van der Waals surface area contributed by atoms with Crippen LogP contribution >= 0.6 is 0 Å². The summed E-state index contributed by atoms with van der Waals surface area (Å²) in [4.78, 5) is 45.8. The van der Waals surface area contributed by atoms with Crippen LogP contribution in [0.2, 0.25) is 0 Å². The topological polar surface area (TPSA) is 117 Å². The first-order valence-corrected chi connectivity index (χ1v) is 18.4. The van der Waals surface area contributed by atoms with Crippen LogP contribution in [0.25, 0.3) is 5.69 Å². The van der Waals surface area contributed by atoms with Crippen LogP contribution in [0.5, 0.6) is 11.5 Å². The molecule has 1 atom stereocenters. The normalized spacial score (nSPS) is 13.7. The van der Waals surface area contributed by atoms with Crippen molar-refractivity contribution in [3.8, 4) is 17.2 Å². The van der Waals surface area contributed by atoms with E-state index in [9.17, 15) is 19.5 Å². The van der Waals surface area contributed by atoms with E-state index in [4.69, 9.17) is 9.84 Å². The number of benzene rings is 4. The third-order valence-corrected chi connectivity index (χ3v) is 9.60. The molecule has 3 amide bonds. The number of nitrogens with one attached hydrogen (secondary N) is 1. The molecular formula is C43H47N5O5. The Morgan fingerprint density at radius 3 is 2.25 bits per heavy atom. The fourth-order valence-electron chi connectivity index (χ4n) is 6.67. The Morgan fingerprint density at radius 2 is 1.53 bits per heavy atom. The Hall–Kier alpha value is -5.74. The maximum Gasteiger partial charge on any atom is 0.274 e. The Bertz CT molecular complexity index is 2050. The van der Waals surface area contributed by atoms with Crippen LogP contribution in [0.4, 0.5) is 5.69 Å². The summed E-state index contributed by atoms with van der Waals surface area (Å²) in [5.74, 6) is 0.101. The molecule has 10 heteroatoms. The van der Waals surface area contributed by atoms with Gasteiger partial charge in [0, 0.05) is 31.0 Å². The maximum atomic E-state index is 14.7. The lowest BCUT2D eigenvalue weighted by Gasteiger charge is -2.36. The van der Waals surface area contributed by atoms with Gasteiger partial charge >= 0.3 is 0 Å². The number of fused-ring (bicyclic) bond motifs is 1. The van der Waals surface area contributed by atoms with Crippen LogP contribution in [0, 0.1) is 6.92 Å². The number of carbonyl (C=O) groups excluding carboxylic acids is 3. The van der Waals surface area contributed by atoms with E-state index < -0.39 is 11.9 Å². The lowest BCUT2D eigenvalue weighted by molar-refractivity contribution is 0.0544. The molecule has 10 nitrogen and oxygen atoms in total. The minimum Gasteiger partial charge on any atom is -0.457 e. The Kier molecular flexibility index (Phi) is 12.0. The van der Waals surface area contributed by atoms with Crippen molar-refractivity contribution in [3.05, 3.63) is 137 Å². The molecule has 4 aromatic carbocycles. The monoisotopic (exact) mass is 713 g/mol. The number of ether oxygens (including phenoxy) is 1. The minimum absolute atomic E-state index is 0.144. The summed E-state index contributed by atoms with van der Waals surface area (Å²) in [6.07, 6.45) is 4.25. The predicted octanol–water partition coefficient (Wildman–Crippen LogP) is 7.83. The fraction of sp³-hybridized carbons (Fsp3) is 0.302. The predicted molar refractivity (Wildman–Crippen MR) is 206 cm³/mol. The van der Waals surface area contributed by atoms with Crippen molar-refractivity contribution in [2.24, 2.45) is 0 Å². The zero-order valence-electron chi connectivity index (χ0n) is 30.6. The van der Waals surface area contributed by atoms with E-state index in [0.29, 0.717) is 65.9 Å². The summed E-state index contributed by atoms with van der Waals surface area (Å²) in [5.41, 5.74) is 4.53. The van der Waals surface area contributed by atoms with E-state index >= 15 is 0 Å². The van der Waals surface area contributed by atoms with Gasteiger partial charge in [-0.2, -0.15) is 5.10 Å². The number of amides is 3. The van der Waals surface area contributed by atoms with Gasteiger partial charge in [-0.25, -0.2) is 4.68 Å². The molecule has 1 aromatic heterocycles. The molecule has 2 heterocycles. The Labute approximate surface area is 311 Å². The van der Waals surface area contributed by atoms with Gasteiger partial charge in [0.15, 0.2) is 5.69 Å². The van der Waals surface area contributed by atoms with Crippen LogP contribution in [-0.2, 0) is 13.0 Å². The number of para-hydroxylation sites is 2. The Balaban J connectivity index is 1.37. The van der Waals surface area contributed by atoms with Gasteiger partial charge in [-0.15, -0.1) is 0 Å². The second-order valence-electron chi connectivity index (χ2n) is 13.4. The number of aliphatic hydroxyl groups excluding tert-OH is 1. The first kappa shape index (κ1) is 37.0. The van der Waals surface area contributed by atoms with Gasteiger partial charge in [-0.3, -0.25) is 14.4 Å². The van der Waals surface area contributed by atoms with Crippen molar-refractivity contribution in [2.75, 3.05) is 25.0 Å². The number of nitrogens with zero attached hydrogens (tertiary/aromatic N) is 4. The zero-order valence-corrected chi connectivity index (χ0v) is 30.6. The fourth-order valence-corrected chi connectivity index (χ4v) is 6.67. The molecule has 6 rings (SSSR count). The highest BCUT2D eigenvalue weighted by atomic mass is 16.5. The molecule has 1 aliphatic heterocycles. The standard InChI is InChI=1S/C43H47N5O5/c1-4-6-23-46(24-7-5-2)43(52)38-25-30(3)48(45-38)39-22-21-33(44-41(50)36-19-13-14-20-40(36)53-35-17-9-8-10-18-35)27-37(39)42(51)47-28-32-16-12-11-15-31(32)26-34(47)29-49/h8-22,25,27,34,49H,4-7,23-24,26,28-29H2,1-3H3,(H,44,50)/t34-/m0/s1. The highest BCUT2D eigenvalue weighted by Crippen LogP contribution is 2.30. The van der Waals surface area contributed by atoms with E-state index in [1.807, 2.05) is 66.4 Å². The smallest absolute Gasteiger partial charge is 0.274 e.